The first kappa shape index (κ1) is 15.5. The van der Waals surface area contributed by atoms with Crippen molar-refractivity contribution in [3.05, 3.63) is 30.7 Å². The largest absolute Gasteiger partial charge is 0.472 e. The first-order chi connectivity index (χ1) is 11.2. The van der Waals surface area contributed by atoms with E-state index >= 15 is 0 Å². The molecular formula is C16H22N6O. The highest BCUT2D eigenvalue weighted by Gasteiger charge is 2.21. The summed E-state index contributed by atoms with van der Waals surface area (Å²) in [5.74, 6) is 2.35. The zero-order valence-corrected chi connectivity index (χ0v) is 13.6. The number of hydrogen-bond donors (Lipinski definition) is 0. The van der Waals surface area contributed by atoms with E-state index in [1.165, 1.54) is 0 Å². The molecule has 1 aliphatic heterocycles. The molecule has 0 atom stereocenters. The molecule has 0 amide bonds. The summed E-state index contributed by atoms with van der Waals surface area (Å²) in [5.41, 5.74) is 0. The molecule has 7 heteroatoms. The fourth-order valence-corrected chi connectivity index (χ4v) is 2.66. The van der Waals surface area contributed by atoms with Crippen LogP contribution >= 0.6 is 0 Å². The topological polar surface area (TPSA) is 67.3 Å². The van der Waals surface area contributed by atoms with Gasteiger partial charge in [-0.15, -0.1) is 5.10 Å². The molecule has 1 fully saturated rings. The Labute approximate surface area is 136 Å². The van der Waals surface area contributed by atoms with Crippen LogP contribution in [0.4, 0.5) is 11.6 Å². The predicted molar refractivity (Wildman–Crippen MR) is 88.9 cm³/mol. The van der Waals surface area contributed by atoms with Crippen LogP contribution in [-0.2, 0) is 0 Å². The van der Waals surface area contributed by atoms with Crippen LogP contribution < -0.4 is 14.5 Å². The minimum absolute atomic E-state index is 0.0773. The van der Waals surface area contributed by atoms with Gasteiger partial charge in [-0.1, -0.05) is 0 Å². The molecule has 0 spiro atoms. The summed E-state index contributed by atoms with van der Waals surface area (Å²) in [4.78, 5) is 13.3. The Kier molecular flexibility index (Phi) is 4.85. The third-order valence-electron chi connectivity index (χ3n) is 3.67. The van der Waals surface area contributed by atoms with Crippen LogP contribution in [0.3, 0.4) is 0 Å². The molecule has 23 heavy (non-hydrogen) atoms. The molecule has 0 N–H and O–H groups in total. The number of nitrogens with zero attached hydrogens (tertiary/aromatic N) is 6. The second-order valence-corrected chi connectivity index (χ2v) is 5.76. The van der Waals surface area contributed by atoms with Gasteiger partial charge < -0.3 is 14.5 Å². The smallest absolute Gasteiger partial charge is 0.257 e. The van der Waals surface area contributed by atoms with Crippen molar-refractivity contribution >= 4 is 11.6 Å². The van der Waals surface area contributed by atoms with Crippen molar-refractivity contribution in [3.63, 3.8) is 0 Å². The quantitative estimate of drug-likeness (QED) is 0.852. The molecule has 0 aliphatic carbocycles. The summed E-state index contributed by atoms with van der Waals surface area (Å²) >= 11 is 0. The summed E-state index contributed by atoms with van der Waals surface area (Å²) in [6, 6.07) is 3.92. The van der Waals surface area contributed by atoms with E-state index in [-0.39, 0.29) is 6.10 Å². The molecule has 0 aromatic carbocycles. The molecule has 3 rings (SSSR count). The lowest BCUT2D eigenvalue weighted by atomic mass is 10.3. The Morgan fingerprint density at radius 1 is 1.00 bits per heavy atom. The standard InChI is InChI=1S/C16H22N6O/c1-13(2)23-16-15(17-7-8-18-16)22-10-4-9-21(11-12-22)14-5-3-6-19-20-14/h3,5-8,13H,4,9-12H2,1-2H3. The minimum Gasteiger partial charge on any atom is -0.472 e. The van der Waals surface area contributed by atoms with Gasteiger partial charge >= 0.3 is 0 Å². The van der Waals surface area contributed by atoms with Crippen molar-refractivity contribution in [2.75, 3.05) is 36.0 Å². The molecule has 0 radical (unpaired) electrons. The third-order valence-corrected chi connectivity index (χ3v) is 3.67. The van der Waals surface area contributed by atoms with Gasteiger partial charge in [0.15, 0.2) is 11.6 Å². The molecule has 3 heterocycles. The summed E-state index contributed by atoms with van der Waals surface area (Å²) in [7, 11) is 0. The van der Waals surface area contributed by atoms with Crippen LogP contribution in [0.15, 0.2) is 30.7 Å². The van der Waals surface area contributed by atoms with Crippen LogP contribution in [0.2, 0.25) is 0 Å². The zero-order valence-electron chi connectivity index (χ0n) is 13.6. The summed E-state index contributed by atoms with van der Waals surface area (Å²) < 4.78 is 5.80. The maximum atomic E-state index is 5.80. The van der Waals surface area contributed by atoms with E-state index in [0.717, 1.165) is 44.2 Å². The average Bonchev–Trinajstić information content (AvgIpc) is 2.82. The van der Waals surface area contributed by atoms with Gasteiger partial charge in [0.05, 0.1) is 6.10 Å². The lowest BCUT2D eigenvalue weighted by molar-refractivity contribution is 0.232. The Morgan fingerprint density at radius 2 is 1.78 bits per heavy atom. The van der Waals surface area contributed by atoms with Crippen LogP contribution in [-0.4, -0.2) is 52.4 Å². The lowest BCUT2D eigenvalue weighted by Gasteiger charge is -2.24. The van der Waals surface area contributed by atoms with Crippen LogP contribution in [0.25, 0.3) is 0 Å². The predicted octanol–water partition coefficient (Wildman–Crippen LogP) is 1.77. The van der Waals surface area contributed by atoms with Crippen LogP contribution in [0.5, 0.6) is 5.88 Å². The van der Waals surface area contributed by atoms with Crippen molar-refractivity contribution in [3.8, 4) is 5.88 Å². The first-order valence-corrected chi connectivity index (χ1v) is 7.99. The summed E-state index contributed by atoms with van der Waals surface area (Å²) in [5, 5.41) is 8.17. The van der Waals surface area contributed by atoms with Crippen molar-refractivity contribution in [1.29, 1.82) is 0 Å². The molecule has 2 aromatic rings. The van der Waals surface area contributed by atoms with E-state index in [2.05, 4.69) is 30.0 Å². The normalized spacial score (nSPS) is 15.6. The van der Waals surface area contributed by atoms with E-state index in [0.29, 0.717) is 5.88 Å². The van der Waals surface area contributed by atoms with Gasteiger partial charge in [0.2, 0.25) is 0 Å². The highest BCUT2D eigenvalue weighted by molar-refractivity contribution is 5.49. The fraction of sp³-hybridized carbons (Fsp3) is 0.500. The molecule has 2 aromatic heterocycles. The number of anilines is 2. The zero-order chi connectivity index (χ0) is 16.1. The number of hydrogen-bond acceptors (Lipinski definition) is 7. The van der Waals surface area contributed by atoms with Crippen molar-refractivity contribution in [2.45, 2.75) is 26.4 Å². The highest BCUT2D eigenvalue weighted by Crippen LogP contribution is 2.25. The molecule has 0 bridgehead atoms. The van der Waals surface area contributed by atoms with Crippen LogP contribution in [0, 0.1) is 0 Å². The van der Waals surface area contributed by atoms with Gasteiger partial charge in [-0.3, -0.25) is 0 Å². The van der Waals surface area contributed by atoms with Crippen molar-refractivity contribution in [1.82, 2.24) is 20.2 Å². The second kappa shape index (κ2) is 7.21. The lowest BCUT2D eigenvalue weighted by Crippen LogP contribution is -2.32. The van der Waals surface area contributed by atoms with E-state index in [1.807, 2.05) is 26.0 Å². The van der Waals surface area contributed by atoms with Gasteiger partial charge in [0.1, 0.15) is 0 Å². The summed E-state index contributed by atoms with van der Waals surface area (Å²) in [6.07, 6.45) is 6.18. The van der Waals surface area contributed by atoms with E-state index in [9.17, 15) is 0 Å². The second-order valence-electron chi connectivity index (χ2n) is 5.76. The van der Waals surface area contributed by atoms with Gasteiger partial charge in [0.25, 0.3) is 5.88 Å². The number of rotatable bonds is 4. The molecule has 0 unspecified atom stereocenters. The SMILES string of the molecule is CC(C)Oc1nccnc1N1CCCN(c2cccnn2)CC1. The van der Waals surface area contributed by atoms with E-state index < -0.39 is 0 Å². The van der Waals surface area contributed by atoms with Crippen molar-refractivity contribution in [2.24, 2.45) is 0 Å². The van der Waals surface area contributed by atoms with Crippen LogP contribution in [0.1, 0.15) is 20.3 Å². The average molecular weight is 314 g/mol. The molecule has 1 aliphatic rings. The molecule has 7 nitrogen and oxygen atoms in total. The monoisotopic (exact) mass is 314 g/mol. The number of ether oxygens (including phenoxy) is 1. The van der Waals surface area contributed by atoms with E-state index in [4.69, 9.17) is 4.74 Å². The maximum Gasteiger partial charge on any atom is 0.257 e. The Morgan fingerprint density at radius 3 is 2.57 bits per heavy atom. The highest BCUT2D eigenvalue weighted by atomic mass is 16.5. The van der Waals surface area contributed by atoms with Gasteiger partial charge in [0, 0.05) is 44.8 Å². The molecular weight excluding hydrogens is 292 g/mol. The maximum absolute atomic E-state index is 5.80. The number of aromatic nitrogens is 4. The summed E-state index contributed by atoms with van der Waals surface area (Å²) in [6.45, 7) is 7.59. The van der Waals surface area contributed by atoms with Crippen molar-refractivity contribution < 1.29 is 4.74 Å². The van der Waals surface area contributed by atoms with Gasteiger partial charge in [-0.25, -0.2) is 9.97 Å². The third kappa shape index (κ3) is 3.85. The first-order valence-electron chi connectivity index (χ1n) is 7.99. The molecule has 122 valence electrons. The fourth-order valence-electron chi connectivity index (χ4n) is 2.66. The van der Waals surface area contributed by atoms with Gasteiger partial charge in [-0.2, -0.15) is 5.10 Å². The Bertz CT molecular complexity index is 621. The molecule has 1 saturated heterocycles. The molecule has 0 saturated carbocycles. The Hall–Kier alpha value is -2.44. The van der Waals surface area contributed by atoms with Gasteiger partial charge in [-0.05, 0) is 32.4 Å². The Balaban J connectivity index is 1.73. The minimum atomic E-state index is 0.0773. The van der Waals surface area contributed by atoms with E-state index in [1.54, 1.807) is 18.6 Å².